The van der Waals surface area contributed by atoms with Gasteiger partial charge in [-0.15, -0.1) is 0 Å². The molecule has 0 saturated carbocycles. The fourth-order valence-corrected chi connectivity index (χ4v) is 11.6. The molecular weight excluding hydrogens is 1140 g/mol. The van der Waals surface area contributed by atoms with E-state index in [4.69, 9.17) is 13.8 Å². The van der Waals surface area contributed by atoms with E-state index in [1.807, 2.05) is 33.3 Å². The van der Waals surface area contributed by atoms with Gasteiger partial charge in [0.15, 0.2) is 0 Å². The second-order valence-electron chi connectivity index (χ2n) is 26.8. The van der Waals surface area contributed by atoms with Crippen molar-refractivity contribution in [2.45, 2.75) is 354 Å². The number of carbonyl (C=O) groups excluding carboxylic acids is 2. The fraction of sp³-hybridized carbons (Fsp3) is 0.753. The number of hydrogen-bond acceptors (Lipinski definition) is 6. The van der Waals surface area contributed by atoms with Gasteiger partial charge in [-0.1, -0.05) is 323 Å². The summed E-state index contributed by atoms with van der Waals surface area (Å²) in [5.41, 5.74) is 0. The SMILES string of the molecule is CC/C=C\C/C=C\C/C=C\C/C=C\C/C=C\C/C=C\CCCCCCCCCCC(=O)OC(/C=C/CCCCCCCCCCC)C(COP(=O)(O)OCC[N+](C)(C)C)NC(=O)CCCCCCCCCCCCCCCCCCC/C=C\C/C=C\CCCCC. The Kier molecular flexibility index (Phi) is 67.0. The number of phosphoric ester groups is 1. The van der Waals surface area contributed by atoms with Gasteiger partial charge in [0.05, 0.1) is 33.8 Å². The van der Waals surface area contributed by atoms with Gasteiger partial charge in [0.2, 0.25) is 5.91 Å². The maximum absolute atomic E-state index is 13.6. The lowest BCUT2D eigenvalue weighted by Gasteiger charge is -2.27. The monoisotopic (exact) mass is 1290 g/mol. The molecule has 9 nitrogen and oxygen atoms in total. The second kappa shape index (κ2) is 69.5. The number of amides is 1. The molecule has 0 bridgehead atoms. The summed E-state index contributed by atoms with van der Waals surface area (Å²) in [7, 11) is 1.49. The summed E-state index contributed by atoms with van der Waals surface area (Å²) in [4.78, 5) is 38.0. The van der Waals surface area contributed by atoms with Gasteiger partial charge in [0.1, 0.15) is 19.3 Å². The number of likely N-dealkylation sites (N-methyl/N-ethyl adjacent to an activating group) is 1. The molecule has 0 spiro atoms. The molecule has 0 aromatic heterocycles. The van der Waals surface area contributed by atoms with Crippen LogP contribution in [0.25, 0.3) is 0 Å². The average Bonchev–Trinajstić information content (AvgIpc) is 3.03. The van der Waals surface area contributed by atoms with Crippen LogP contribution in [0, 0.1) is 0 Å². The number of rotatable bonds is 69. The first-order valence-corrected chi connectivity index (χ1v) is 39.7. The van der Waals surface area contributed by atoms with E-state index in [1.165, 1.54) is 193 Å². The summed E-state index contributed by atoms with van der Waals surface area (Å²) in [5, 5.41) is 3.07. The van der Waals surface area contributed by atoms with E-state index in [0.29, 0.717) is 17.4 Å². The highest BCUT2D eigenvalue weighted by Gasteiger charge is 2.30. The molecule has 0 heterocycles. The van der Waals surface area contributed by atoms with Gasteiger partial charge in [-0.25, -0.2) is 4.57 Å². The van der Waals surface area contributed by atoms with E-state index >= 15 is 0 Å². The Hall–Kier alpha value is -3.33. The van der Waals surface area contributed by atoms with Gasteiger partial charge in [-0.3, -0.25) is 18.6 Å². The highest BCUT2D eigenvalue weighted by molar-refractivity contribution is 7.47. The number of unbranched alkanes of at least 4 members (excludes halogenated alkanes) is 37. The standard InChI is InChI=1S/C81H145N2O7P/c1-7-10-13-16-19-22-25-27-29-31-33-35-37-39-41-43-45-47-49-51-53-55-58-61-64-67-70-73-80(84)82-78(77-89-91(86,87)88-76-75-83(4,5)6)79(72-69-66-63-60-57-24-21-18-15-12-9-3)90-81(85)74-71-68-65-62-59-56-54-52-50-48-46-44-42-40-38-36-34-32-30-28-26-23-20-17-14-11-8-2/h11,14,19-20,22-23,27-30,34,36,40,42,46,48,69,72,78-79H,7-10,12-13,15-18,21,24-26,31-33,35,37-39,41,43-45,47,49-68,70-71,73-77H2,1-6H3,(H-,82,84,86,87)/p+1/b14-11-,22-19-,23-20-,29-27-,30-28-,36-34-,42-40-,48-46-,72-69+. The molecule has 91 heavy (non-hydrogen) atoms. The molecular formula is C81H146N2O7P+. The van der Waals surface area contributed by atoms with E-state index in [-0.39, 0.29) is 31.5 Å². The molecule has 0 fully saturated rings. The van der Waals surface area contributed by atoms with Crippen LogP contribution < -0.4 is 5.32 Å². The normalized spacial score (nSPS) is 14.1. The molecule has 1 amide bonds. The summed E-state index contributed by atoms with van der Waals surface area (Å²) >= 11 is 0. The largest absolute Gasteiger partial charge is 0.472 e. The number of quaternary nitrogens is 1. The molecule has 0 rings (SSSR count). The van der Waals surface area contributed by atoms with Crippen LogP contribution in [-0.4, -0.2) is 74.3 Å². The molecule has 0 saturated heterocycles. The lowest BCUT2D eigenvalue weighted by Crippen LogP contribution is -2.47. The van der Waals surface area contributed by atoms with Crippen LogP contribution in [0.5, 0.6) is 0 Å². The number of nitrogens with one attached hydrogen (secondary N) is 1. The van der Waals surface area contributed by atoms with Crippen LogP contribution in [-0.2, 0) is 27.9 Å². The van der Waals surface area contributed by atoms with E-state index in [2.05, 4.69) is 123 Å². The molecule has 3 unspecified atom stereocenters. The Morgan fingerprint density at radius 2 is 0.703 bits per heavy atom. The summed E-state index contributed by atoms with van der Waals surface area (Å²) in [5.74, 6) is -0.509. The van der Waals surface area contributed by atoms with E-state index in [0.717, 1.165) is 116 Å². The smallest absolute Gasteiger partial charge is 0.456 e. The Balaban J connectivity index is 4.95. The number of carbonyl (C=O) groups is 2. The van der Waals surface area contributed by atoms with Crippen molar-refractivity contribution in [2.75, 3.05) is 40.9 Å². The molecule has 0 aromatic carbocycles. The predicted octanol–water partition coefficient (Wildman–Crippen LogP) is 24.8. The summed E-state index contributed by atoms with van der Waals surface area (Å²) in [6.07, 6.45) is 96.9. The molecule has 0 aromatic rings. The Labute approximate surface area is 563 Å². The van der Waals surface area contributed by atoms with Gasteiger partial charge < -0.3 is 19.4 Å². The maximum Gasteiger partial charge on any atom is 0.472 e. The van der Waals surface area contributed by atoms with Crippen molar-refractivity contribution in [1.82, 2.24) is 5.32 Å². The van der Waals surface area contributed by atoms with Crippen LogP contribution in [0.1, 0.15) is 342 Å². The van der Waals surface area contributed by atoms with E-state index < -0.39 is 20.0 Å². The van der Waals surface area contributed by atoms with Crippen molar-refractivity contribution in [3.05, 3.63) is 109 Å². The van der Waals surface area contributed by atoms with Crippen LogP contribution in [0.3, 0.4) is 0 Å². The van der Waals surface area contributed by atoms with Gasteiger partial charge in [-0.2, -0.15) is 0 Å². The van der Waals surface area contributed by atoms with Crippen molar-refractivity contribution in [2.24, 2.45) is 0 Å². The molecule has 526 valence electrons. The van der Waals surface area contributed by atoms with Crippen molar-refractivity contribution in [1.29, 1.82) is 0 Å². The molecule has 0 aliphatic heterocycles. The summed E-state index contributed by atoms with van der Waals surface area (Å²) in [6, 6.07) is -0.858. The number of allylic oxidation sites excluding steroid dienone is 17. The predicted molar refractivity (Wildman–Crippen MR) is 397 cm³/mol. The third kappa shape index (κ3) is 70.8. The first kappa shape index (κ1) is 87.7. The van der Waals surface area contributed by atoms with Gasteiger partial charge in [-0.05, 0) is 115 Å². The number of nitrogens with zero attached hydrogens (tertiary/aromatic N) is 1. The molecule has 2 N–H and O–H groups in total. The molecule has 0 radical (unpaired) electrons. The minimum absolute atomic E-state index is 0.0355. The molecule has 3 atom stereocenters. The zero-order valence-electron chi connectivity index (χ0n) is 60.3. The first-order chi connectivity index (χ1) is 44.4. The van der Waals surface area contributed by atoms with Crippen molar-refractivity contribution in [3.63, 3.8) is 0 Å². The number of esters is 1. The third-order valence-corrected chi connectivity index (χ3v) is 17.7. The van der Waals surface area contributed by atoms with E-state index in [9.17, 15) is 19.0 Å². The maximum atomic E-state index is 13.6. The minimum Gasteiger partial charge on any atom is -0.456 e. The zero-order chi connectivity index (χ0) is 66.3. The minimum atomic E-state index is -4.46. The van der Waals surface area contributed by atoms with Gasteiger partial charge in [0, 0.05) is 12.8 Å². The second-order valence-corrected chi connectivity index (χ2v) is 28.2. The summed E-state index contributed by atoms with van der Waals surface area (Å²) in [6.45, 7) is 6.89. The number of phosphoric acid groups is 1. The lowest BCUT2D eigenvalue weighted by molar-refractivity contribution is -0.870. The highest BCUT2D eigenvalue weighted by Crippen LogP contribution is 2.43. The molecule has 10 heteroatoms. The lowest BCUT2D eigenvalue weighted by atomic mass is 10.0. The summed E-state index contributed by atoms with van der Waals surface area (Å²) < 4.78 is 30.9. The Bertz CT molecular complexity index is 1930. The van der Waals surface area contributed by atoms with Crippen LogP contribution in [0.2, 0.25) is 0 Å². The highest BCUT2D eigenvalue weighted by atomic mass is 31.2. The van der Waals surface area contributed by atoms with Gasteiger partial charge >= 0.3 is 13.8 Å². The van der Waals surface area contributed by atoms with E-state index in [1.54, 1.807) is 0 Å². The third-order valence-electron chi connectivity index (χ3n) is 16.7. The number of ether oxygens (including phenoxy) is 1. The number of hydrogen-bond donors (Lipinski definition) is 2. The average molecular weight is 1290 g/mol. The van der Waals surface area contributed by atoms with Crippen molar-refractivity contribution < 1.29 is 37.3 Å². The fourth-order valence-electron chi connectivity index (χ4n) is 10.9. The first-order valence-electron chi connectivity index (χ1n) is 38.2. The van der Waals surface area contributed by atoms with Crippen LogP contribution >= 0.6 is 7.82 Å². The van der Waals surface area contributed by atoms with Gasteiger partial charge in [0.25, 0.3) is 0 Å². The van der Waals surface area contributed by atoms with Crippen molar-refractivity contribution >= 4 is 19.7 Å². The Morgan fingerprint density at radius 3 is 1.08 bits per heavy atom. The van der Waals surface area contributed by atoms with Crippen LogP contribution in [0.15, 0.2) is 109 Å². The zero-order valence-corrected chi connectivity index (χ0v) is 61.2. The topological polar surface area (TPSA) is 111 Å². The Morgan fingerprint density at radius 1 is 0.396 bits per heavy atom. The van der Waals surface area contributed by atoms with Crippen molar-refractivity contribution in [3.8, 4) is 0 Å². The van der Waals surface area contributed by atoms with Crippen LogP contribution in [0.4, 0.5) is 0 Å². The molecule has 0 aliphatic carbocycles. The molecule has 0 aliphatic rings. The quantitative estimate of drug-likeness (QED) is 0.0205.